The molecular weight excluding hydrogens is 463 g/mol. The summed E-state index contributed by atoms with van der Waals surface area (Å²) in [5.41, 5.74) is 0. The molecule has 2 aromatic carbocycles. The van der Waals surface area contributed by atoms with E-state index in [0.717, 1.165) is 37.1 Å². The zero-order valence-corrected chi connectivity index (χ0v) is 17.7. The molecule has 0 amide bonds. The van der Waals surface area contributed by atoms with E-state index in [-0.39, 0.29) is 26.2 Å². The number of aromatic hydroxyl groups is 2. The Hall–Kier alpha value is -2.40. The molecule has 150 valence electrons. The first-order valence-corrected chi connectivity index (χ1v) is 8.10. The van der Waals surface area contributed by atoms with E-state index in [4.69, 9.17) is 10.2 Å². The van der Waals surface area contributed by atoms with E-state index in [2.05, 4.69) is 24.3 Å². The Morgan fingerprint density at radius 2 is 0.897 bits per heavy atom. The minimum atomic E-state index is -0.771. The zero-order chi connectivity index (χ0) is 20.8. The molecule has 0 atom stereocenters. The summed E-state index contributed by atoms with van der Waals surface area (Å²) in [5, 5.41) is 17.0. The van der Waals surface area contributed by atoms with Gasteiger partial charge in [0.05, 0.1) is 0 Å². The summed E-state index contributed by atoms with van der Waals surface area (Å²) in [6.45, 7) is 0. The molecule has 2 aliphatic rings. The van der Waals surface area contributed by atoms with Crippen LogP contribution in [0, 0.1) is 35.4 Å². The van der Waals surface area contributed by atoms with Crippen LogP contribution in [0.25, 0.3) is 0 Å². The van der Waals surface area contributed by atoms with Gasteiger partial charge >= 0.3 is 26.2 Å². The molecule has 4 rings (SSSR count). The van der Waals surface area contributed by atoms with Crippen molar-refractivity contribution in [3.05, 3.63) is 108 Å². The molecule has 0 bridgehead atoms. The summed E-state index contributed by atoms with van der Waals surface area (Å²) in [7, 11) is 0. The van der Waals surface area contributed by atoms with Crippen LogP contribution in [0.3, 0.4) is 0 Å². The molecule has 0 radical (unpaired) electrons. The largest absolute Gasteiger partial charge is 2.00 e. The molecule has 2 nitrogen and oxygen atoms in total. The number of benzene rings is 2. The van der Waals surface area contributed by atoms with Crippen LogP contribution in [0.15, 0.2) is 72.9 Å². The number of hydrogen-bond donors (Lipinski definition) is 2. The predicted octanol–water partition coefficient (Wildman–Crippen LogP) is 5.95. The summed E-state index contributed by atoms with van der Waals surface area (Å²) in [6, 6.07) is 4.73. The van der Waals surface area contributed by atoms with Crippen molar-refractivity contribution in [2.45, 2.75) is 12.8 Å². The Kier molecular flexibility index (Phi) is 14.2. The van der Waals surface area contributed by atoms with Gasteiger partial charge in [0.2, 0.25) is 0 Å². The number of hydrogen-bond acceptors (Lipinski definition) is 2. The van der Waals surface area contributed by atoms with Gasteiger partial charge in [0.1, 0.15) is 34.8 Å². The molecule has 0 spiro atoms. The van der Waals surface area contributed by atoms with E-state index in [0.29, 0.717) is 12.1 Å². The summed E-state index contributed by atoms with van der Waals surface area (Å²) >= 11 is 0. The van der Waals surface area contributed by atoms with Crippen molar-refractivity contribution in [3.63, 3.8) is 0 Å². The number of rotatable bonds is 0. The van der Waals surface area contributed by atoms with Crippen molar-refractivity contribution in [2.24, 2.45) is 0 Å². The maximum absolute atomic E-state index is 12.0. The summed E-state index contributed by atoms with van der Waals surface area (Å²) in [6.07, 6.45) is 20.0. The van der Waals surface area contributed by atoms with Crippen LogP contribution in [-0.2, 0) is 26.2 Å². The van der Waals surface area contributed by atoms with Crippen LogP contribution in [0.4, 0.5) is 17.6 Å². The molecule has 0 unspecified atom stereocenters. The van der Waals surface area contributed by atoms with Gasteiger partial charge in [0.25, 0.3) is 0 Å². The quantitative estimate of drug-likeness (QED) is 0.361. The van der Waals surface area contributed by atoms with Crippen molar-refractivity contribution < 1.29 is 54.0 Å². The Morgan fingerprint density at radius 1 is 0.586 bits per heavy atom. The molecule has 2 N–H and O–H groups in total. The predicted molar refractivity (Wildman–Crippen MR) is 99.2 cm³/mol. The molecule has 2 aliphatic carbocycles. The van der Waals surface area contributed by atoms with Crippen LogP contribution < -0.4 is 0 Å². The van der Waals surface area contributed by atoms with E-state index in [1.807, 2.05) is 24.3 Å². The van der Waals surface area contributed by atoms with Gasteiger partial charge in [-0.3, -0.25) is 12.2 Å². The fourth-order valence-electron chi connectivity index (χ4n) is 1.76. The number of halogens is 4. The number of phenols is 2. The third-order valence-corrected chi connectivity index (χ3v) is 2.87. The number of allylic oxidation sites excluding steroid dienone is 8. The van der Waals surface area contributed by atoms with Crippen molar-refractivity contribution in [1.29, 1.82) is 0 Å². The maximum atomic E-state index is 12.0. The molecule has 0 heterocycles. The Bertz CT molecular complexity index is 669. The average molecular weight is 482 g/mol. The molecule has 2 aromatic rings. The molecule has 29 heavy (non-hydrogen) atoms. The zero-order valence-electron chi connectivity index (χ0n) is 15.2. The third kappa shape index (κ3) is 14.3. The molecular formula is C22H18F4O2Zr. The van der Waals surface area contributed by atoms with Crippen molar-refractivity contribution >= 4 is 0 Å². The monoisotopic (exact) mass is 480 g/mol. The first-order chi connectivity index (χ1) is 13.4. The second-order valence-electron chi connectivity index (χ2n) is 5.26. The SMILES string of the molecule is Oc1cc(F)cc(F)c1.Oc1cc(F)cc(F)c1.[C-]1=CC=CC1.[C-]1=CC=CC1.[Zr+2]. The molecule has 0 aromatic heterocycles. The van der Waals surface area contributed by atoms with Gasteiger partial charge in [0.15, 0.2) is 0 Å². The maximum Gasteiger partial charge on any atom is 2.00 e. The Balaban J connectivity index is 0.000000369. The van der Waals surface area contributed by atoms with Gasteiger partial charge in [-0.25, -0.2) is 41.9 Å². The molecule has 0 aliphatic heterocycles. The standard InChI is InChI=1S/2C6H4F2O.2C5H5.Zr/c2*7-4-1-5(8)3-6(9)2-4;2*1-2-4-5-3-1;/h2*1-3,9H;2*1-3H,4H2;/q;;2*-1;+2. The van der Waals surface area contributed by atoms with Crippen LogP contribution in [0.2, 0.25) is 0 Å². The first kappa shape index (κ1) is 26.6. The fourth-order valence-corrected chi connectivity index (χ4v) is 1.76. The van der Waals surface area contributed by atoms with E-state index in [1.165, 1.54) is 0 Å². The smallest absolute Gasteiger partial charge is 0.508 e. The van der Waals surface area contributed by atoms with Crippen molar-refractivity contribution in [3.8, 4) is 11.5 Å². The van der Waals surface area contributed by atoms with Gasteiger partial charge in [-0.15, -0.1) is 12.8 Å². The van der Waals surface area contributed by atoms with Crippen molar-refractivity contribution in [1.82, 2.24) is 0 Å². The average Bonchev–Trinajstić information content (AvgIpc) is 3.32. The van der Waals surface area contributed by atoms with E-state index in [1.54, 1.807) is 0 Å². The van der Waals surface area contributed by atoms with Gasteiger partial charge in [0, 0.05) is 36.4 Å². The van der Waals surface area contributed by atoms with Gasteiger partial charge < -0.3 is 10.2 Å². The molecule has 7 heteroatoms. The minimum absolute atomic E-state index is 0. The van der Waals surface area contributed by atoms with E-state index in [9.17, 15) is 17.6 Å². The normalized spacial score (nSPS) is 12.0. The minimum Gasteiger partial charge on any atom is -0.508 e. The van der Waals surface area contributed by atoms with Crippen molar-refractivity contribution in [2.75, 3.05) is 0 Å². The first-order valence-electron chi connectivity index (χ1n) is 8.10. The fraction of sp³-hybridized carbons (Fsp3) is 0.0909. The van der Waals surface area contributed by atoms with Gasteiger partial charge in [-0.1, -0.05) is 0 Å². The Labute approximate surface area is 186 Å². The molecule has 0 saturated heterocycles. The second-order valence-corrected chi connectivity index (χ2v) is 5.26. The van der Waals surface area contributed by atoms with Crippen LogP contribution in [0.5, 0.6) is 11.5 Å². The van der Waals surface area contributed by atoms with Crippen LogP contribution in [-0.4, -0.2) is 10.2 Å². The van der Waals surface area contributed by atoms with E-state index < -0.39 is 34.8 Å². The number of phenolic OH excluding ortho intramolecular Hbond substituents is 2. The second kappa shape index (κ2) is 15.5. The summed E-state index contributed by atoms with van der Waals surface area (Å²) in [4.78, 5) is 0. The summed E-state index contributed by atoms with van der Waals surface area (Å²) in [5.74, 6) is -3.87. The third-order valence-electron chi connectivity index (χ3n) is 2.87. The van der Waals surface area contributed by atoms with Gasteiger partial charge in [-0.2, -0.15) is 12.2 Å². The van der Waals surface area contributed by atoms with Crippen LogP contribution >= 0.6 is 0 Å². The van der Waals surface area contributed by atoms with Crippen LogP contribution in [0.1, 0.15) is 12.8 Å². The Morgan fingerprint density at radius 3 is 1.03 bits per heavy atom. The summed E-state index contributed by atoms with van der Waals surface area (Å²) < 4.78 is 48.1. The molecule has 0 saturated carbocycles. The topological polar surface area (TPSA) is 40.5 Å². The van der Waals surface area contributed by atoms with Gasteiger partial charge in [-0.05, 0) is 0 Å². The van der Waals surface area contributed by atoms with E-state index >= 15 is 0 Å². The molecule has 0 fully saturated rings.